The highest BCUT2D eigenvalue weighted by molar-refractivity contribution is 7.80. The van der Waals surface area contributed by atoms with Gasteiger partial charge in [-0.1, -0.05) is 0 Å². The van der Waals surface area contributed by atoms with E-state index in [1.165, 1.54) is 17.6 Å². The molecule has 1 saturated heterocycles. The van der Waals surface area contributed by atoms with Crippen molar-refractivity contribution in [2.45, 2.75) is 32.6 Å². The van der Waals surface area contributed by atoms with Crippen LogP contribution < -0.4 is 10.6 Å². The fraction of sp³-hybridized carbons (Fsp3) is 0.438. The molecule has 2 amide bonds. The van der Waals surface area contributed by atoms with E-state index in [0.29, 0.717) is 10.6 Å². The van der Waals surface area contributed by atoms with Crippen LogP contribution in [-0.2, 0) is 27.2 Å². The summed E-state index contributed by atoms with van der Waals surface area (Å²) in [7, 11) is 0. The molecule has 0 bridgehead atoms. The van der Waals surface area contributed by atoms with Crippen LogP contribution in [-0.4, -0.2) is 35.7 Å². The number of thiophene rings is 1. The molecular formula is C16H17N3O4S2. The third-order valence-electron chi connectivity index (χ3n) is 4.01. The SMILES string of the molecule is CCOC(=O)c1c(N=CC2C(=O)NC(=S)NC2=O)sc2c1CCCC2. The summed E-state index contributed by atoms with van der Waals surface area (Å²) < 4.78 is 5.16. The Morgan fingerprint density at radius 2 is 2.00 bits per heavy atom. The summed E-state index contributed by atoms with van der Waals surface area (Å²) in [5.74, 6) is -2.55. The van der Waals surface area contributed by atoms with Crippen molar-refractivity contribution in [3.63, 3.8) is 0 Å². The Labute approximate surface area is 153 Å². The maximum atomic E-state index is 12.4. The molecule has 0 saturated carbocycles. The van der Waals surface area contributed by atoms with Crippen molar-refractivity contribution in [2.75, 3.05) is 6.61 Å². The molecule has 132 valence electrons. The lowest BCUT2D eigenvalue weighted by atomic mass is 9.95. The molecule has 7 nitrogen and oxygen atoms in total. The Bertz CT molecular complexity index is 765. The number of nitrogens with one attached hydrogen (secondary N) is 2. The first-order valence-corrected chi connectivity index (χ1v) is 9.25. The average molecular weight is 379 g/mol. The Kier molecular flexibility index (Phi) is 5.24. The molecule has 1 aliphatic carbocycles. The standard InChI is InChI=1S/C16H17N3O4S2/c1-2-23-15(22)11-8-5-3-4-6-10(8)25-14(11)17-7-9-12(20)18-16(24)19-13(9)21/h7,9H,2-6H2,1H3,(H2,18,19,20,21,24). The number of esters is 1. The second-order valence-electron chi connectivity index (χ2n) is 5.67. The minimum absolute atomic E-state index is 0.0153. The van der Waals surface area contributed by atoms with Crippen LogP contribution in [0.3, 0.4) is 0 Å². The van der Waals surface area contributed by atoms with Gasteiger partial charge in [-0.2, -0.15) is 0 Å². The van der Waals surface area contributed by atoms with Crippen LogP contribution in [0.2, 0.25) is 0 Å². The molecule has 0 radical (unpaired) electrons. The molecule has 2 heterocycles. The Hall–Kier alpha value is -2.13. The number of carbonyl (C=O) groups is 3. The maximum absolute atomic E-state index is 12.4. The van der Waals surface area contributed by atoms with E-state index in [4.69, 9.17) is 17.0 Å². The lowest BCUT2D eigenvalue weighted by Gasteiger charge is -2.19. The van der Waals surface area contributed by atoms with Gasteiger partial charge in [0.25, 0.3) is 0 Å². The summed E-state index contributed by atoms with van der Waals surface area (Å²) >= 11 is 6.19. The molecule has 9 heteroatoms. The molecule has 1 aromatic heterocycles. The van der Waals surface area contributed by atoms with E-state index in [2.05, 4.69) is 15.6 Å². The van der Waals surface area contributed by atoms with Crippen molar-refractivity contribution in [3.05, 3.63) is 16.0 Å². The second-order valence-corrected chi connectivity index (χ2v) is 7.17. The predicted octanol–water partition coefficient (Wildman–Crippen LogP) is 1.65. The molecule has 0 atom stereocenters. The molecule has 1 aromatic rings. The molecule has 2 N–H and O–H groups in total. The smallest absolute Gasteiger partial charge is 0.341 e. The van der Waals surface area contributed by atoms with Crippen LogP contribution >= 0.6 is 23.6 Å². The van der Waals surface area contributed by atoms with E-state index >= 15 is 0 Å². The number of ether oxygens (including phenoxy) is 1. The van der Waals surface area contributed by atoms with Crippen molar-refractivity contribution in [3.8, 4) is 0 Å². The molecule has 1 fully saturated rings. The largest absolute Gasteiger partial charge is 0.462 e. The van der Waals surface area contributed by atoms with Crippen LogP contribution in [0.25, 0.3) is 0 Å². The van der Waals surface area contributed by atoms with E-state index in [1.807, 2.05) is 0 Å². The number of thiocarbonyl (C=S) groups is 1. The van der Waals surface area contributed by atoms with Gasteiger partial charge >= 0.3 is 5.97 Å². The number of aliphatic imine (C=N–C) groups is 1. The number of hydrogen-bond donors (Lipinski definition) is 2. The van der Waals surface area contributed by atoms with Gasteiger partial charge in [0, 0.05) is 11.1 Å². The number of aryl methyl sites for hydroxylation is 1. The topological polar surface area (TPSA) is 96.9 Å². The van der Waals surface area contributed by atoms with E-state index in [1.54, 1.807) is 6.92 Å². The molecule has 0 spiro atoms. The van der Waals surface area contributed by atoms with Gasteiger partial charge in [0.2, 0.25) is 11.8 Å². The highest BCUT2D eigenvalue weighted by Crippen LogP contribution is 2.40. The van der Waals surface area contributed by atoms with E-state index in [9.17, 15) is 14.4 Å². The summed E-state index contributed by atoms with van der Waals surface area (Å²) in [5, 5.41) is 5.24. The average Bonchev–Trinajstić information content (AvgIpc) is 2.92. The van der Waals surface area contributed by atoms with Crippen LogP contribution in [0.15, 0.2) is 4.99 Å². The van der Waals surface area contributed by atoms with Gasteiger partial charge in [-0.05, 0) is 50.4 Å². The zero-order valence-corrected chi connectivity index (χ0v) is 15.2. The van der Waals surface area contributed by atoms with Crippen LogP contribution in [0.1, 0.15) is 40.6 Å². The predicted molar refractivity (Wildman–Crippen MR) is 97.4 cm³/mol. The molecule has 0 aromatic carbocycles. The van der Waals surface area contributed by atoms with Crippen molar-refractivity contribution >= 4 is 57.7 Å². The lowest BCUT2D eigenvalue weighted by Crippen LogP contribution is -2.56. The number of carbonyl (C=O) groups excluding carboxylic acids is 3. The van der Waals surface area contributed by atoms with Crippen molar-refractivity contribution in [1.29, 1.82) is 0 Å². The summed E-state index contributed by atoms with van der Waals surface area (Å²) in [4.78, 5) is 41.6. The summed E-state index contributed by atoms with van der Waals surface area (Å²) in [6, 6.07) is 0. The van der Waals surface area contributed by atoms with Crippen LogP contribution in [0, 0.1) is 5.92 Å². The number of nitrogens with zero attached hydrogens (tertiary/aromatic N) is 1. The fourth-order valence-corrected chi connectivity index (χ4v) is 4.29. The normalized spacial score (nSPS) is 18.0. The number of rotatable bonds is 4. The van der Waals surface area contributed by atoms with Gasteiger partial charge in [-0.25, -0.2) is 9.79 Å². The maximum Gasteiger partial charge on any atom is 0.341 e. The van der Waals surface area contributed by atoms with Crippen molar-refractivity contribution in [2.24, 2.45) is 10.9 Å². The van der Waals surface area contributed by atoms with E-state index in [0.717, 1.165) is 36.1 Å². The Balaban J connectivity index is 1.92. The van der Waals surface area contributed by atoms with Crippen molar-refractivity contribution < 1.29 is 19.1 Å². The number of hydrogen-bond acceptors (Lipinski definition) is 7. The third-order valence-corrected chi connectivity index (χ3v) is 5.42. The van der Waals surface area contributed by atoms with Crippen molar-refractivity contribution in [1.82, 2.24) is 10.6 Å². The Morgan fingerprint density at radius 1 is 1.32 bits per heavy atom. The molecule has 3 rings (SSSR count). The number of amides is 2. The van der Waals surface area contributed by atoms with Gasteiger partial charge < -0.3 is 15.4 Å². The van der Waals surface area contributed by atoms with Gasteiger partial charge in [0.05, 0.1) is 12.2 Å². The van der Waals surface area contributed by atoms with Gasteiger partial charge in [0.1, 0.15) is 5.00 Å². The zero-order valence-electron chi connectivity index (χ0n) is 13.6. The Morgan fingerprint density at radius 3 is 2.68 bits per heavy atom. The van der Waals surface area contributed by atoms with Crippen LogP contribution in [0.5, 0.6) is 0 Å². The van der Waals surface area contributed by atoms with Gasteiger partial charge in [-0.3, -0.25) is 9.59 Å². The molecule has 2 aliphatic rings. The second kappa shape index (κ2) is 7.40. The lowest BCUT2D eigenvalue weighted by molar-refractivity contribution is -0.131. The summed E-state index contributed by atoms with van der Waals surface area (Å²) in [6.07, 6.45) is 5.06. The van der Waals surface area contributed by atoms with Gasteiger partial charge in [-0.15, -0.1) is 11.3 Å². The molecule has 0 unspecified atom stereocenters. The zero-order chi connectivity index (χ0) is 18.0. The highest BCUT2D eigenvalue weighted by Gasteiger charge is 2.32. The monoisotopic (exact) mass is 379 g/mol. The quantitative estimate of drug-likeness (QED) is 0.359. The first-order valence-electron chi connectivity index (χ1n) is 8.02. The summed E-state index contributed by atoms with van der Waals surface area (Å²) in [5.41, 5.74) is 1.45. The fourth-order valence-electron chi connectivity index (χ4n) is 2.86. The summed E-state index contributed by atoms with van der Waals surface area (Å²) in [6.45, 7) is 2.02. The van der Waals surface area contributed by atoms with Crippen LogP contribution in [0.4, 0.5) is 5.00 Å². The number of fused-ring (bicyclic) bond motifs is 1. The molecule has 1 aliphatic heterocycles. The van der Waals surface area contributed by atoms with E-state index in [-0.39, 0.29) is 11.7 Å². The minimum atomic E-state index is -1.08. The first-order chi connectivity index (χ1) is 12.0. The molecular weight excluding hydrogens is 362 g/mol. The first kappa shape index (κ1) is 17.7. The highest BCUT2D eigenvalue weighted by atomic mass is 32.1. The van der Waals surface area contributed by atoms with E-state index < -0.39 is 23.7 Å². The van der Waals surface area contributed by atoms with Gasteiger partial charge in [0.15, 0.2) is 11.0 Å². The third kappa shape index (κ3) is 3.62. The molecule has 25 heavy (non-hydrogen) atoms. The minimum Gasteiger partial charge on any atom is -0.462 e.